The lowest BCUT2D eigenvalue weighted by molar-refractivity contribution is 0.118. The Hall–Kier alpha value is -0.870. The van der Waals surface area contributed by atoms with Crippen LogP contribution < -0.4 is 0 Å². The second kappa shape index (κ2) is 2.88. The van der Waals surface area contributed by atoms with Crippen molar-refractivity contribution in [1.29, 1.82) is 0 Å². The minimum absolute atomic E-state index is 0.00120. The van der Waals surface area contributed by atoms with Crippen LogP contribution in [0.5, 0.6) is 0 Å². The van der Waals surface area contributed by atoms with Gasteiger partial charge in [-0.1, -0.05) is 0 Å². The highest BCUT2D eigenvalue weighted by Gasteiger charge is 2.27. The molecule has 12 heavy (non-hydrogen) atoms. The minimum atomic E-state index is -0.413. The van der Waals surface area contributed by atoms with Crippen molar-refractivity contribution < 1.29 is 9.84 Å². The Morgan fingerprint density at radius 1 is 1.67 bits per heavy atom. The predicted octanol–water partition coefficient (Wildman–Crippen LogP) is 0.124. The van der Waals surface area contributed by atoms with Crippen LogP contribution in [0.15, 0.2) is 12.3 Å². The van der Waals surface area contributed by atoms with E-state index in [1.165, 1.54) is 0 Å². The summed E-state index contributed by atoms with van der Waals surface area (Å²) >= 11 is 0. The van der Waals surface area contributed by atoms with Gasteiger partial charge in [-0.15, -0.1) is 0 Å². The monoisotopic (exact) mass is 168 g/mol. The molecule has 0 bridgehead atoms. The van der Waals surface area contributed by atoms with Gasteiger partial charge in [0.25, 0.3) is 0 Å². The normalized spacial score (nSPS) is 29.5. The number of aliphatic hydroxyl groups excluding tert-OH is 1. The van der Waals surface area contributed by atoms with Gasteiger partial charge in [-0.25, -0.2) is 0 Å². The van der Waals surface area contributed by atoms with Crippen molar-refractivity contribution in [2.75, 3.05) is 13.2 Å². The summed E-state index contributed by atoms with van der Waals surface area (Å²) in [6.45, 7) is 2.91. The zero-order chi connectivity index (χ0) is 8.55. The van der Waals surface area contributed by atoms with Gasteiger partial charge in [0, 0.05) is 6.20 Å². The van der Waals surface area contributed by atoms with Crippen LogP contribution in [0.25, 0.3) is 0 Å². The van der Waals surface area contributed by atoms with Crippen molar-refractivity contribution in [3.63, 3.8) is 0 Å². The maximum absolute atomic E-state index is 9.47. The van der Waals surface area contributed by atoms with Crippen LogP contribution in [0.2, 0.25) is 0 Å². The molecule has 2 heterocycles. The first-order valence-corrected chi connectivity index (χ1v) is 4.05. The average Bonchev–Trinajstić information content (AvgIpc) is 2.58. The number of nitrogens with zero attached hydrogens (tertiary/aromatic N) is 2. The second-order valence-electron chi connectivity index (χ2n) is 3.11. The van der Waals surface area contributed by atoms with Gasteiger partial charge in [0.05, 0.1) is 18.9 Å². The van der Waals surface area contributed by atoms with E-state index in [1.54, 1.807) is 4.68 Å². The Kier molecular flexibility index (Phi) is 1.86. The molecule has 0 spiro atoms. The number of aromatic nitrogens is 2. The third-order valence-corrected chi connectivity index (χ3v) is 2.10. The van der Waals surface area contributed by atoms with Crippen LogP contribution in [0, 0.1) is 6.92 Å². The summed E-state index contributed by atoms with van der Waals surface area (Å²) in [7, 11) is 0. The van der Waals surface area contributed by atoms with Gasteiger partial charge >= 0.3 is 0 Å². The Balaban J connectivity index is 2.19. The largest absolute Gasteiger partial charge is 0.388 e. The SMILES string of the molecule is Cc1ccn([C@H]2COC[C@@H]2O)n1. The van der Waals surface area contributed by atoms with Crippen molar-refractivity contribution in [3.8, 4) is 0 Å². The van der Waals surface area contributed by atoms with Gasteiger partial charge in [-0.3, -0.25) is 4.68 Å². The summed E-state index contributed by atoms with van der Waals surface area (Å²) in [5.41, 5.74) is 0.967. The lowest BCUT2D eigenvalue weighted by atomic mass is 10.2. The molecule has 66 valence electrons. The number of rotatable bonds is 1. The fraction of sp³-hybridized carbons (Fsp3) is 0.625. The number of aryl methyl sites for hydroxylation is 1. The van der Waals surface area contributed by atoms with Crippen LogP contribution in [0.1, 0.15) is 11.7 Å². The van der Waals surface area contributed by atoms with E-state index in [2.05, 4.69) is 5.10 Å². The fourth-order valence-corrected chi connectivity index (χ4v) is 1.40. The summed E-state index contributed by atoms with van der Waals surface area (Å²) in [6.07, 6.45) is 1.46. The lowest BCUT2D eigenvalue weighted by Crippen LogP contribution is -2.22. The van der Waals surface area contributed by atoms with Crippen molar-refractivity contribution in [1.82, 2.24) is 9.78 Å². The Morgan fingerprint density at radius 3 is 3.00 bits per heavy atom. The van der Waals surface area contributed by atoms with Crippen LogP contribution >= 0.6 is 0 Å². The first-order valence-electron chi connectivity index (χ1n) is 4.05. The first kappa shape index (κ1) is 7.76. The van der Waals surface area contributed by atoms with Crippen LogP contribution in [0.4, 0.5) is 0 Å². The van der Waals surface area contributed by atoms with Gasteiger partial charge in [0.1, 0.15) is 12.1 Å². The average molecular weight is 168 g/mol. The van der Waals surface area contributed by atoms with Gasteiger partial charge in [0.2, 0.25) is 0 Å². The molecule has 1 saturated heterocycles. The van der Waals surface area contributed by atoms with Crippen molar-refractivity contribution in [2.24, 2.45) is 0 Å². The molecule has 1 aliphatic rings. The summed E-state index contributed by atoms with van der Waals surface area (Å²) in [5, 5.41) is 13.7. The van der Waals surface area contributed by atoms with E-state index in [9.17, 15) is 5.11 Å². The van der Waals surface area contributed by atoms with Crippen LogP contribution in [0.3, 0.4) is 0 Å². The highest BCUT2D eigenvalue weighted by atomic mass is 16.5. The summed E-state index contributed by atoms with van der Waals surface area (Å²) in [6, 6.07) is 1.92. The molecule has 0 aliphatic carbocycles. The van der Waals surface area contributed by atoms with Gasteiger partial charge in [0.15, 0.2) is 0 Å². The number of ether oxygens (including phenoxy) is 1. The van der Waals surface area contributed by atoms with E-state index >= 15 is 0 Å². The smallest absolute Gasteiger partial charge is 0.103 e. The Bertz CT molecular complexity index is 272. The molecule has 0 unspecified atom stereocenters. The summed E-state index contributed by atoms with van der Waals surface area (Å²) < 4.78 is 6.89. The van der Waals surface area contributed by atoms with Gasteiger partial charge in [-0.05, 0) is 13.0 Å². The predicted molar refractivity (Wildman–Crippen MR) is 42.8 cm³/mol. The fourth-order valence-electron chi connectivity index (χ4n) is 1.40. The highest BCUT2D eigenvalue weighted by molar-refractivity contribution is 4.97. The van der Waals surface area contributed by atoms with Crippen molar-refractivity contribution in [2.45, 2.75) is 19.1 Å². The van der Waals surface area contributed by atoms with Gasteiger partial charge < -0.3 is 9.84 Å². The molecular formula is C8H12N2O2. The van der Waals surface area contributed by atoms with E-state index in [4.69, 9.17) is 4.74 Å². The minimum Gasteiger partial charge on any atom is -0.388 e. The number of hydrogen-bond donors (Lipinski definition) is 1. The van der Waals surface area contributed by atoms with Crippen LogP contribution in [-0.4, -0.2) is 34.2 Å². The molecule has 2 atom stereocenters. The molecule has 1 aromatic rings. The number of hydrogen-bond acceptors (Lipinski definition) is 3. The van der Waals surface area contributed by atoms with E-state index in [-0.39, 0.29) is 6.04 Å². The molecule has 4 nitrogen and oxygen atoms in total. The zero-order valence-corrected chi connectivity index (χ0v) is 6.97. The van der Waals surface area contributed by atoms with E-state index in [0.29, 0.717) is 13.2 Å². The van der Waals surface area contributed by atoms with E-state index in [1.807, 2.05) is 19.2 Å². The highest BCUT2D eigenvalue weighted by Crippen LogP contribution is 2.18. The Labute approximate surface area is 70.8 Å². The van der Waals surface area contributed by atoms with E-state index in [0.717, 1.165) is 5.69 Å². The molecule has 1 aromatic heterocycles. The molecule has 0 radical (unpaired) electrons. The van der Waals surface area contributed by atoms with Crippen molar-refractivity contribution in [3.05, 3.63) is 18.0 Å². The molecule has 0 aromatic carbocycles. The second-order valence-corrected chi connectivity index (χ2v) is 3.11. The van der Waals surface area contributed by atoms with Crippen LogP contribution in [-0.2, 0) is 4.74 Å². The van der Waals surface area contributed by atoms with Gasteiger partial charge in [-0.2, -0.15) is 5.10 Å². The maximum Gasteiger partial charge on any atom is 0.103 e. The lowest BCUT2D eigenvalue weighted by Gasteiger charge is -2.11. The maximum atomic E-state index is 9.47. The molecule has 1 aliphatic heterocycles. The standard InChI is InChI=1S/C8H12N2O2/c1-6-2-3-10(9-6)7-4-12-5-8(7)11/h2-3,7-8,11H,4-5H2,1H3/t7-,8-/m0/s1. The quantitative estimate of drug-likeness (QED) is 0.648. The molecule has 4 heteroatoms. The molecular weight excluding hydrogens is 156 g/mol. The molecule has 0 saturated carbocycles. The molecule has 0 amide bonds. The summed E-state index contributed by atoms with van der Waals surface area (Å²) in [4.78, 5) is 0. The van der Waals surface area contributed by atoms with E-state index < -0.39 is 6.10 Å². The van der Waals surface area contributed by atoms with Crippen molar-refractivity contribution >= 4 is 0 Å². The third-order valence-electron chi connectivity index (χ3n) is 2.10. The summed E-state index contributed by atoms with van der Waals surface area (Å²) in [5.74, 6) is 0. The number of aliphatic hydroxyl groups is 1. The third kappa shape index (κ3) is 1.23. The molecule has 1 N–H and O–H groups in total. The Morgan fingerprint density at radius 2 is 2.50 bits per heavy atom. The first-order chi connectivity index (χ1) is 5.77. The zero-order valence-electron chi connectivity index (χ0n) is 6.97. The molecule has 1 fully saturated rings. The molecule has 2 rings (SSSR count). The topological polar surface area (TPSA) is 47.3 Å².